The molecule has 48 heavy (non-hydrogen) atoms. The molecular weight excluding hydrogens is 604 g/mol. The molecule has 1 atom stereocenters. The molecule has 10 nitrogen and oxygen atoms in total. The van der Waals surface area contributed by atoms with E-state index >= 15 is 0 Å². The molecule has 0 bridgehead atoms. The number of aldehydes is 1. The molecule has 0 aliphatic rings. The van der Waals surface area contributed by atoms with Gasteiger partial charge < -0.3 is 33.0 Å². The second kappa shape index (κ2) is 31.2. The average Bonchev–Trinajstić information content (AvgIpc) is 3.11. The lowest BCUT2D eigenvalue weighted by Crippen LogP contribution is -2.29. The number of aromatic nitrogens is 1. The Hall–Kier alpha value is -4.41. The monoisotopic (exact) mass is 664 g/mol. The molecule has 9 N–H and O–H groups in total. The molecule has 0 saturated heterocycles. The Labute approximate surface area is 288 Å². The number of hydrogen-bond acceptors (Lipinski definition) is 7. The Bertz CT molecular complexity index is 1190. The number of nitrogens with one attached hydrogen (secondary N) is 1. The maximum Gasteiger partial charge on any atom is 0.220 e. The second-order valence-electron chi connectivity index (χ2n) is 11.0. The molecule has 266 valence electrons. The van der Waals surface area contributed by atoms with E-state index in [1.807, 2.05) is 79.7 Å². The van der Waals surface area contributed by atoms with Gasteiger partial charge in [0.25, 0.3) is 0 Å². The zero-order valence-corrected chi connectivity index (χ0v) is 29.7. The van der Waals surface area contributed by atoms with Gasteiger partial charge in [-0.15, -0.1) is 0 Å². The van der Waals surface area contributed by atoms with Gasteiger partial charge in [0.15, 0.2) is 0 Å². The van der Waals surface area contributed by atoms with E-state index < -0.39 is 0 Å². The van der Waals surface area contributed by atoms with Crippen molar-refractivity contribution in [1.82, 2.24) is 10.3 Å². The second-order valence-corrected chi connectivity index (χ2v) is 11.0. The molecule has 10 heteroatoms. The molecule has 0 aliphatic carbocycles. The highest BCUT2D eigenvalue weighted by molar-refractivity contribution is 5.77. The van der Waals surface area contributed by atoms with Gasteiger partial charge in [-0.25, -0.2) is 0 Å². The van der Waals surface area contributed by atoms with Gasteiger partial charge in [0.05, 0.1) is 6.04 Å². The fourth-order valence-corrected chi connectivity index (χ4v) is 3.72. The predicted octanol–water partition coefficient (Wildman–Crippen LogP) is 5.30. The van der Waals surface area contributed by atoms with Gasteiger partial charge >= 0.3 is 0 Å². The number of nitrogens with zero attached hydrogens (tertiary/aromatic N) is 1. The number of carbonyl (C=O) groups excluding carboxylic acids is 4. The van der Waals surface area contributed by atoms with Gasteiger partial charge in [0, 0.05) is 37.6 Å². The van der Waals surface area contributed by atoms with E-state index in [0.717, 1.165) is 60.8 Å². The van der Waals surface area contributed by atoms with Crippen LogP contribution in [-0.2, 0) is 25.6 Å². The van der Waals surface area contributed by atoms with Crippen molar-refractivity contribution < 1.29 is 19.2 Å². The number of nitrogens with two attached hydrogens (primary N) is 4. The van der Waals surface area contributed by atoms with Crippen molar-refractivity contribution in [2.75, 3.05) is 13.6 Å². The molecule has 3 rings (SSSR count). The summed E-state index contributed by atoms with van der Waals surface area (Å²) in [6.07, 6.45) is 9.47. The minimum Gasteiger partial charge on any atom is -0.370 e. The number of unbranched alkanes of at least 4 members (excludes halogenated alkanes) is 2. The SMILES string of the molecule is CCC(C)CC=O.CCC(N)=O.CN.Cc1ccc(CCC(N)=O)nc1.NCCCCCC(=O)NC(c1ccccc1)c1ccccc1. The van der Waals surface area contributed by atoms with E-state index in [9.17, 15) is 19.2 Å². The molecule has 1 unspecified atom stereocenters. The van der Waals surface area contributed by atoms with Crippen molar-refractivity contribution in [3.05, 3.63) is 101 Å². The van der Waals surface area contributed by atoms with E-state index in [-0.39, 0.29) is 23.8 Å². The lowest BCUT2D eigenvalue weighted by atomic mass is 9.98. The summed E-state index contributed by atoms with van der Waals surface area (Å²) in [4.78, 5) is 46.2. The zero-order valence-electron chi connectivity index (χ0n) is 29.7. The van der Waals surface area contributed by atoms with Crippen LogP contribution < -0.4 is 28.3 Å². The normalized spacial score (nSPS) is 10.2. The third-order valence-electron chi connectivity index (χ3n) is 6.82. The maximum absolute atomic E-state index is 12.2. The largest absolute Gasteiger partial charge is 0.370 e. The summed E-state index contributed by atoms with van der Waals surface area (Å²) < 4.78 is 0. The number of hydrogen-bond donors (Lipinski definition) is 5. The van der Waals surface area contributed by atoms with Gasteiger partial charge in [-0.2, -0.15) is 0 Å². The first-order valence-electron chi connectivity index (χ1n) is 16.7. The number of benzene rings is 2. The minimum atomic E-state index is -0.280. The minimum absolute atomic E-state index is 0.0923. The van der Waals surface area contributed by atoms with Gasteiger partial charge in [-0.3, -0.25) is 19.4 Å². The van der Waals surface area contributed by atoms with Crippen molar-refractivity contribution in [1.29, 1.82) is 0 Å². The van der Waals surface area contributed by atoms with Crippen LogP contribution in [0, 0.1) is 12.8 Å². The maximum atomic E-state index is 12.2. The van der Waals surface area contributed by atoms with Gasteiger partial charge in [-0.1, -0.05) is 100 Å². The summed E-state index contributed by atoms with van der Waals surface area (Å²) in [6, 6.07) is 24.0. The quantitative estimate of drug-likeness (QED) is 0.107. The third kappa shape index (κ3) is 25.7. The standard InChI is InChI=1S/C19H24N2O.C9H12N2O.C6H12O.C3H7NO.CH5N/c20-15-9-3-8-14-18(22)21-19(16-10-4-1-5-11-16)17-12-6-2-7-13-17;1-7-2-3-8(11-6-7)4-5-9(10)12;1-3-6(2)4-5-7;1-2-3(4)5;1-2/h1-2,4-7,10-13,19H,3,8-9,14-15,20H2,(H,21,22);2-3,6H,4-5H2,1H3,(H2,10,12);5-6H,3-4H2,1-2H3;2H2,1H3,(H2,4,5);2H2,1H3. The molecule has 1 aromatic heterocycles. The van der Waals surface area contributed by atoms with Crippen LogP contribution in [0.15, 0.2) is 79.0 Å². The van der Waals surface area contributed by atoms with Crippen LogP contribution in [0.4, 0.5) is 0 Å². The summed E-state index contributed by atoms with van der Waals surface area (Å²) >= 11 is 0. The number of primary amides is 2. The molecule has 1 heterocycles. The van der Waals surface area contributed by atoms with Crippen molar-refractivity contribution in [2.45, 2.75) is 91.5 Å². The van der Waals surface area contributed by atoms with Crippen LogP contribution in [-0.4, -0.2) is 42.6 Å². The summed E-state index contributed by atoms with van der Waals surface area (Å²) in [5, 5.41) is 3.16. The highest BCUT2D eigenvalue weighted by Crippen LogP contribution is 2.22. The Kier molecular flexibility index (Phi) is 29.7. The van der Waals surface area contributed by atoms with E-state index in [4.69, 9.17) is 11.5 Å². The smallest absolute Gasteiger partial charge is 0.220 e. The highest BCUT2D eigenvalue weighted by Gasteiger charge is 2.16. The average molecular weight is 665 g/mol. The Morgan fingerprint density at radius 1 is 0.812 bits per heavy atom. The van der Waals surface area contributed by atoms with Crippen LogP contribution in [0.3, 0.4) is 0 Å². The Morgan fingerprint density at radius 2 is 1.35 bits per heavy atom. The lowest BCUT2D eigenvalue weighted by Gasteiger charge is -2.20. The molecule has 0 radical (unpaired) electrons. The van der Waals surface area contributed by atoms with Crippen LogP contribution in [0.1, 0.15) is 101 Å². The molecule has 3 aromatic rings. The first kappa shape index (κ1) is 45.7. The van der Waals surface area contributed by atoms with Crippen molar-refractivity contribution in [3.63, 3.8) is 0 Å². The van der Waals surface area contributed by atoms with Crippen LogP contribution in [0.5, 0.6) is 0 Å². The van der Waals surface area contributed by atoms with Crippen LogP contribution in [0.25, 0.3) is 0 Å². The molecule has 0 aliphatic heterocycles. The number of aryl methyl sites for hydroxylation is 2. The number of rotatable bonds is 15. The van der Waals surface area contributed by atoms with Gasteiger partial charge in [-0.05, 0) is 68.5 Å². The highest BCUT2D eigenvalue weighted by atomic mass is 16.2. The lowest BCUT2D eigenvalue weighted by molar-refractivity contribution is -0.122. The third-order valence-corrected chi connectivity index (χ3v) is 6.82. The summed E-state index contributed by atoms with van der Waals surface area (Å²) in [6.45, 7) is 8.56. The predicted molar refractivity (Wildman–Crippen MR) is 197 cm³/mol. The first-order valence-corrected chi connectivity index (χ1v) is 16.7. The fourth-order valence-electron chi connectivity index (χ4n) is 3.72. The molecule has 0 saturated carbocycles. The Morgan fingerprint density at radius 3 is 1.73 bits per heavy atom. The first-order chi connectivity index (χ1) is 23.1. The Balaban J connectivity index is 0. The molecule has 3 amide bonds. The van der Waals surface area contributed by atoms with E-state index in [1.165, 1.54) is 7.05 Å². The zero-order chi connectivity index (χ0) is 36.6. The van der Waals surface area contributed by atoms with Crippen molar-refractivity contribution in [2.24, 2.45) is 28.9 Å². The fraction of sp³-hybridized carbons (Fsp3) is 0.447. The molecule has 0 fully saturated rings. The molecule has 0 spiro atoms. The van der Waals surface area contributed by atoms with E-state index in [1.54, 1.807) is 13.1 Å². The summed E-state index contributed by atoms with van der Waals surface area (Å²) in [5.74, 6) is 0.148. The number of carbonyl (C=O) groups is 4. The van der Waals surface area contributed by atoms with E-state index in [0.29, 0.717) is 38.1 Å². The summed E-state index contributed by atoms with van der Waals surface area (Å²) in [5.41, 5.74) is 23.9. The van der Waals surface area contributed by atoms with Gasteiger partial charge in [0.2, 0.25) is 17.7 Å². The molecule has 2 aromatic carbocycles. The van der Waals surface area contributed by atoms with E-state index in [2.05, 4.69) is 35.6 Å². The van der Waals surface area contributed by atoms with Gasteiger partial charge in [0.1, 0.15) is 6.29 Å². The number of pyridine rings is 1. The van der Waals surface area contributed by atoms with Crippen molar-refractivity contribution >= 4 is 24.0 Å². The van der Waals surface area contributed by atoms with Crippen LogP contribution >= 0.6 is 0 Å². The number of amides is 3. The van der Waals surface area contributed by atoms with Crippen molar-refractivity contribution in [3.8, 4) is 0 Å². The summed E-state index contributed by atoms with van der Waals surface area (Å²) in [7, 11) is 1.50. The topological polar surface area (TPSA) is 197 Å². The van der Waals surface area contributed by atoms with Crippen LogP contribution in [0.2, 0.25) is 0 Å². The molecular formula is C38H60N6O4.